The summed E-state index contributed by atoms with van der Waals surface area (Å²) in [6.07, 6.45) is 1.99. The van der Waals surface area contributed by atoms with Gasteiger partial charge in [0.05, 0.1) is 85.9 Å². The van der Waals surface area contributed by atoms with Crippen LogP contribution in [0.2, 0.25) is 0 Å². The van der Waals surface area contributed by atoms with Gasteiger partial charge in [0.15, 0.2) is 28.8 Å². The molecule has 0 saturated carbocycles. The molecule has 290 valence electrons. The number of hydrogen-bond donors (Lipinski definition) is 3. The van der Waals surface area contributed by atoms with E-state index in [0.29, 0.717) is 138 Å². The quantitative estimate of drug-likeness (QED) is 0.0662. The van der Waals surface area contributed by atoms with Gasteiger partial charge >= 0.3 is 0 Å². The molecule has 0 aliphatic rings. The van der Waals surface area contributed by atoms with E-state index in [-0.39, 0.29) is 41.8 Å². The van der Waals surface area contributed by atoms with Gasteiger partial charge in [-0.15, -0.1) is 0 Å². The van der Waals surface area contributed by atoms with Crippen molar-refractivity contribution in [3.63, 3.8) is 0 Å². The van der Waals surface area contributed by atoms with Crippen LogP contribution in [0.5, 0.6) is 0 Å². The number of rotatable bonds is 37. The monoisotopic (exact) mass is 719 g/mol. The van der Waals surface area contributed by atoms with Crippen LogP contribution in [0.4, 0.5) is 11.6 Å². The van der Waals surface area contributed by atoms with Gasteiger partial charge in [0.2, 0.25) is 0 Å². The Kier molecular flexibility index (Phi) is 30.5. The maximum Gasteiger partial charge on any atom is 0.273 e. The number of ketones is 1. The summed E-state index contributed by atoms with van der Waals surface area (Å²) in [5, 5.41) is 9.15. The topological polar surface area (TPSA) is 188 Å². The number of nitrogens with one attached hydrogen (secondary N) is 3. The molecule has 0 radical (unpaired) electrons. The van der Waals surface area contributed by atoms with Gasteiger partial charge in [0, 0.05) is 74.3 Å². The summed E-state index contributed by atoms with van der Waals surface area (Å²) >= 11 is 0. The lowest BCUT2D eigenvalue weighted by Gasteiger charge is -2.16. The molecule has 0 unspecified atom stereocenters. The predicted molar refractivity (Wildman–Crippen MR) is 187 cm³/mol. The first kappa shape index (κ1) is 45.4. The molecule has 1 rings (SSSR count). The van der Waals surface area contributed by atoms with Crippen molar-refractivity contribution in [2.24, 2.45) is 0 Å². The van der Waals surface area contributed by atoms with Crippen molar-refractivity contribution in [1.29, 1.82) is 0 Å². The molecular weight excluding hydrogens is 658 g/mol. The average Bonchev–Trinajstić information content (AvgIpc) is 3.12. The highest BCUT2D eigenvalue weighted by atomic mass is 16.6. The van der Waals surface area contributed by atoms with Crippen molar-refractivity contribution in [1.82, 2.24) is 15.3 Å². The van der Waals surface area contributed by atoms with Crippen LogP contribution < -0.4 is 16.0 Å². The van der Waals surface area contributed by atoms with Gasteiger partial charge in [-0.05, 0) is 19.3 Å². The summed E-state index contributed by atoms with van der Waals surface area (Å²) in [7, 11) is 6.39. The Labute approximate surface area is 297 Å². The third kappa shape index (κ3) is 23.8. The maximum absolute atomic E-state index is 13.3. The van der Waals surface area contributed by atoms with E-state index in [1.807, 2.05) is 0 Å². The highest BCUT2D eigenvalue weighted by Gasteiger charge is 2.23. The molecule has 1 aromatic heterocycles. The molecule has 0 aliphatic heterocycles. The molecule has 1 aromatic rings. The normalized spacial score (nSPS) is 11.2. The number of ether oxygens (including phenoxy) is 10. The molecule has 1 amide bonds. The molecule has 0 bridgehead atoms. The molecule has 17 nitrogen and oxygen atoms in total. The average molecular weight is 720 g/mol. The van der Waals surface area contributed by atoms with E-state index in [1.165, 1.54) is 0 Å². The van der Waals surface area contributed by atoms with Gasteiger partial charge in [0.25, 0.3) is 5.91 Å². The van der Waals surface area contributed by atoms with Crippen LogP contribution in [-0.4, -0.2) is 175 Å². The van der Waals surface area contributed by atoms with E-state index in [9.17, 15) is 9.59 Å². The molecule has 50 heavy (non-hydrogen) atoms. The van der Waals surface area contributed by atoms with Gasteiger partial charge in [-0.3, -0.25) is 9.59 Å². The lowest BCUT2D eigenvalue weighted by Crippen LogP contribution is -2.30. The fraction of sp³-hybridized carbons (Fsp3) is 0.818. The van der Waals surface area contributed by atoms with Crippen LogP contribution in [0.15, 0.2) is 0 Å². The van der Waals surface area contributed by atoms with Crippen molar-refractivity contribution in [2.45, 2.75) is 25.7 Å². The van der Waals surface area contributed by atoms with E-state index < -0.39 is 5.91 Å². The summed E-state index contributed by atoms with van der Waals surface area (Å²) in [4.78, 5) is 35.6. The molecule has 0 saturated heterocycles. The van der Waals surface area contributed by atoms with Gasteiger partial charge in [-0.1, -0.05) is 0 Å². The molecule has 1 heterocycles. The van der Waals surface area contributed by atoms with Crippen LogP contribution in [-0.2, 0) is 47.4 Å². The van der Waals surface area contributed by atoms with Gasteiger partial charge in [-0.2, -0.15) is 0 Å². The number of amides is 1. The Morgan fingerprint density at radius 1 is 0.460 bits per heavy atom. The van der Waals surface area contributed by atoms with Crippen LogP contribution in [0.25, 0.3) is 0 Å². The van der Waals surface area contributed by atoms with E-state index in [0.717, 1.165) is 0 Å². The zero-order chi connectivity index (χ0) is 36.3. The first-order chi connectivity index (χ1) is 24.6. The minimum atomic E-state index is -0.439. The fourth-order valence-electron chi connectivity index (χ4n) is 4.01. The number of carbonyl (C=O) groups excluding carboxylic acids is 2. The molecule has 17 heteroatoms. The summed E-state index contributed by atoms with van der Waals surface area (Å²) < 4.78 is 53.0. The third-order valence-electron chi connectivity index (χ3n) is 6.59. The fourth-order valence-corrected chi connectivity index (χ4v) is 4.01. The number of methoxy groups -OCH3 is 4. The van der Waals surface area contributed by atoms with E-state index >= 15 is 0 Å². The second-order valence-corrected chi connectivity index (χ2v) is 10.6. The molecule has 0 spiro atoms. The lowest BCUT2D eigenvalue weighted by atomic mass is 10.1. The minimum absolute atomic E-state index is 0.0682. The van der Waals surface area contributed by atoms with E-state index in [4.69, 9.17) is 47.4 Å². The second-order valence-electron chi connectivity index (χ2n) is 10.6. The number of nitrogens with zero attached hydrogens (tertiary/aromatic N) is 2. The summed E-state index contributed by atoms with van der Waals surface area (Å²) in [6.45, 7) is 8.79. The maximum atomic E-state index is 13.3. The van der Waals surface area contributed by atoms with Crippen LogP contribution >= 0.6 is 0 Å². The van der Waals surface area contributed by atoms with Crippen LogP contribution in [0.3, 0.4) is 0 Å². The molecule has 3 N–H and O–H groups in total. The number of Topliss-reactive ketones (excluding diaryl/α,β-unsaturated/α-hetero) is 1. The first-order valence-electron chi connectivity index (χ1n) is 17.2. The van der Waals surface area contributed by atoms with Crippen LogP contribution in [0, 0.1) is 0 Å². The molecule has 0 aromatic carbocycles. The number of aromatic nitrogens is 2. The van der Waals surface area contributed by atoms with Gasteiger partial charge in [-0.25, -0.2) is 9.97 Å². The summed E-state index contributed by atoms with van der Waals surface area (Å²) in [5.74, 6) is -0.201. The number of hydrogen-bond acceptors (Lipinski definition) is 16. The van der Waals surface area contributed by atoms with E-state index in [2.05, 4.69) is 25.9 Å². The van der Waals surface area contributed by atoms with E-state index in [1.54, 1.807) is 28.4 Å². The molecular formula is C33H61N5O12. The highest BCUT2D eigenvalue weighted by Crippen LogP contribution is 2.21. The van der Waals surface area contributed by atoms with Crippen molar-refractivity contribution in [3.05, 3.63) is 11.4 Å². The zero-order valence-corrected chi connectivity index (χ0v) is 30.6. The van der Waals surface area contributed by atoms with Crippen molar-refractivity contribution in [2.75, 3.05) is 164 Å². The second kappa shape index (κ2) is 33.6. The Morgan fingerprint density at radius 3 is 1.32 bits per heavy atom. The summed E-state index contributed by atoms with van der Waals surface area (Å²) in [5.41, 5.74) is 0.220. The SMILES string of the molecule is COCCCC(=O)c1nc(NCCCOCCOCCOCCOC)c(C(=O)NCCOC)nc1NCCCOCCOCCOCCOC. The first-order valence-corrected chi connectivity index (χ1v) is 17.2. The van der Waals surface area contributed by atoms with Crippen molar-refractivity contribution < 1.29 is 57.0 Å². The van der Waals surface area contributed by atoms with Gasteiger partial charge in [0.1, 0.15) is 0 Å². The number of anilines is 2. The number of carbonyl (C=O) groups is 2. The Morgan fingerprint density at radius 2 is 0.860 bits per heavy atom. The van der Waals surface area contributed by atoms with Gasteiger partial charge < -0.3 is 63.3 Å². The third-order valence-corrected chi connectivity index (χ3v) is 6.59. The summed E-state index contributed by atoms with van der Waals surface area (Å²) in [6, 6.07) is 0. The highest BCUT2D eigenvalue weighted by molar-refractivity contribution is 6.02. The predicted octanol–water partition coefficient (Wildman–Crippen LogP) is 1.46. The smallest absolute Gasteiger partial charge is 0.273 e. The van der Waals surface area contributed by atoms with Crippen molar-refractivity contribution in [3.8, 4) is 0 Å². The standard InChI is InChI=1S/C33H61N5O12/c1-41-12-5-8-28(39)29-31(34-9-6-13-45-20-22-49-26-24-47-18-16-43-3)38-30(33(40)36-11-15-42-2)32(37-29)35-10-7-14-46-21-23-50-27-25-48-19-17-44-4/h5-27H2,1-4H3,(H,34,38)(H,35,37)(H,36,40). The van der Waals surface area contributed by atoms with Crippen molar-refractivity contribution >= 4 is 23.3 Å². The Balaban J connectivity index is 2.71. The lowest BCUT2D eigenvalue weighted by molar-refractivity contribution is 0.00367. The van der Waals surface area contributed by atoms with Crippen LogP contribution in [0.1, 0.15) is 46.7 Å². The largest absolute Gasteiger partial charge is 0.385 e. The Hall–Kier alpha value is -2.58. The minimum Gasteiger partial charge on any atom is -0.385 e. The molecule has 0 fully saturated rings. The Bertz CT molecular complexity index is 904. The zero-order valence-electron chi connectivity index (χ0n) is 30.6. The molecule has 0 aliphatic carbocycles. The molecule has 0 atom stereocenters.